The molecule has 2 aromatic rings. The fourth-order valence-corrected chi connectivity index (χ4v) is 4.49. The van der Waals surface area contributed by atoms with Crippen molar-refractivity contribution >= 4 is 30.4 Å². The summed E-state index contributed by atoms with van der Waals surface area (Å²) in [5.41, 5.74) is 0.865. The number of fused-ring (bicyclic) bond motifs is 2. The Morgan fingerprint density at radius 2 is 1.56 bits per heavy atom. The molecular formula is C21H24O2S2. The Morgan fingerprint density at radius 1 is 1.04 bits per heavy atom. The van der Waals surface area contributed by atoms with Crippen LogP contribution in [-0.4, -0.2) is 11.7 Å². The average Bonchev–Trinajstić information content (AvgIpc) is 2.59. The van der Waals surface area contributed by atoms with Crippen molar-refractivity contribution in [2.24, 2.45) is 5.41 Å². The van der Waals surface area contributed by atoms with Crippen LogP contribution in [0.15, 0.2) is 58.3 Å². The molecule has 4 heteroatoms. The molecule has 1 heterocycles. The lowest BCUT2D eigenvalue weighted by atomic mass is 9.81. The third kappa shape index (κ3) is 3.47. The van der Waals surface area contributed by atoms with Crippen LogP contribution in [0.4, 0.5) is 0 Å². The largest absolute Gasteiger partial charge is 0.449 e. The number of hydrogen-bond acceptors (Lipinski definition) is 4. The van der Waals surface area contributed by atoms with Crippen LogP contribution in [0.5, 0.6) is 0 Å². The van der Waals surface area contributed by atoms with Crippen molar-refractivity contribution in [1.82, 2.24) is 0 Å². The zero-order valence-corrected chi connectivity index (χ0v) is 16.6. The van der Waals surface area contributed by atoms with Crippen LogP contribution in [0.25, 0.3) is 0 Å². The molecule has 0 bridgehead atoms. The summed E-state index contributed by atoms with van der Waals surface area (Å²) in [7, 11) is 0. The summed E-state index contributed by atoms with van der Waals surface area (Å²) in [6, 6.07) is 16.5. The van der Waals surface area contributed by atoms with Crippen molar-refractivity contribution in [2.45, 2.75) is 49.0 Å². The standard InChI is InChI=1S/C21H24O2S2/c1-20(2,3)19(22)23-21(13-8-14-24)15-9-4-6-11-17(15)25-18-12-7-5-10-16(18)21/h4-7,9-12,24H,8,13-14H2,1-3H3. The Balaban J connectivity index is 2.20. The number of ether oxygens (including phenoxy) is 1. The molecule has 1 aliphatic heterocycles. The average molecular weight is 373 g/mol. The lowest BCUT2D eigenvalue weighted by Gasteiger charge is -2.41. The zero-order valence-electron chi connectivity index (χ0n) is 14.9. The van der Waals surface area contributed by atoms with Crippen molar-refractivity contribution in [2.75, 3.05) is 5.75 Å². The monoisotopic (exact) mass is 372 g/mol. The fourth-order valence-electron chi connectivity index (χ4n) is 3.11. The molecule has 25 heavy (non-hydrogen) atoms. The highest BCUT2D eigenvalue weighted by Crippen LogP contribution is 2.52. The first-order valence-electron chi connectivity index (χ1n) is 8.60. The summed E-state index contributed by atoms with van der Waals surface area (Å²) in [5, 5.41) is 0. The van der Waals surface area contributed by atoms with Gasteiger partial charge in [-0.05, 0) is 51.5 Å². The van der Waals surface area contributed by atoms with E-state index in [0.29, 0.717) is 0 Å². The summed E-state index contributed by atoms with van der Waals surface area (Å²) < 4.78 is 6.31. The van der Waals surface area contributed by atoms with Crippen LogP contribution in [0.3, 0.4) is 0 Å². The lowest BCUT2D eigenvalue weighted by Crippen LogP contribution is -2.40. The van der Waals surface area contributed by atoms with Crippen LogP contribution >= 0.6 is 24.4 Å². The van der Waals surface area contributed by atoms with E-state index in [1.807, 2.05) is 45.0 Å². The molecule has 0 N–H and O–H groups in total. The molecule has 0 spiro atoms. The molecule has 0 atom stereocenters. The maximum Gasteiger partial charge on any atom is 0.312 e. The quantitative estimate of drug-likeness (QED) is 0.551. The first kappa shape index (κ1) is 18.4. The number of benzene rings is 2. The van der Waals surface area contributed by atoms with Gasteiger partial charge in [0, 0.05) is 20.9 Å². The third-order valence-electron chi connectivity index (χ3n) is 4.43. The number of carbonyl (C=O) groups is 1. The molecule has 0 saturated heterocycles. The molecule has 3 rings (SSSR count). The molecule has 0 amide bonds. The molecule has 2 nitrogen and oxygen atoms in total. The van der Waals surface area contributed by atoms with Gasteiger partial charge in [-0.1, -0.05) is 48.2 Å². The van der Waals surface area contributed by atoms with Crippen LogP contribution in [-0.2, 0) is 15.1 Å². The highest BCUT2D eigenvalue weighted by atomic mass is 32.2. The summed E-state index contributed by atoms with van der Waals surface area (Å²) in [6.45, 7) is 5.70. The normalized spacial score (nSPS) is 15.2. The molecule has 0 saturated carbocycles. The Hall–Kier alpha value is -1.39. The third-order valence-corrected chi connectivity index (χ3v) is 5.90. The minimum atomic E-state index is -0.745. The molecule has 0 radical (unpaired) electrons. The van der Waals surface area contributed by atoms with Crippen molar-refractivity contribution in [3.8, 4) is 0 Å². The second kappa shape index (κ2) is 7.08. The lowest BCUT2D eigenvalue weighted by molar-refractivity contribution is -0.168. The van der Waals surface area contributed by atoms with Gasteiger partial charge in [0.05, 0.1) is 5.41 Å². The Kier molecular flexibility index (Phi) is 5.21. The van der Waals surface area contributed by atoms with Gasteiger partial charge in [-0.25, -0.2) is 0 Å². The topological polar surface area (TPSA) is 26.3 Å². The number of carbonyl (C=O) groups excluding carboxylic acids is 1. The van der Waals surface area contributed by atoms with E-state index < -0.39 is 11.0 Å². The van der Waals surface area contributed by atoms with Gasteiger partial charge in [0.15, 0.2) is 5.60 Å². The molecule has 0 fully saturated rings. The van der Waals surface area contributed by atoms with Gasteiger partial charge < -0.3 is 4.74 Å². The fraction of sp³-hybridized carbons (Fsp3) is 0.381. The Morgan fingerprint density at radius 3 is 2.04 bits per heavy atom. The predicted molar refractivity (Wildman–Crippen MR) is 106 cm³/mol. The number of thiol groups is 1. The first-order valence-corrected chi connectivity index (χ1v) is 10.0. The number of esters is 1. The first-order chi connectivity index (χ1) is 11.9. The second-order valence-electron chi connectivity index (χ2n) is 7.39. The number of hydrogen-bond donors (Lipinski definition) is 1. The molecule has 0 aliphatic carbocycles. The maximum absolute atomic E-state index is 12.9. The minimum absolute atomic E-state index is 0.178. The minimum Gasteiger partial charge on any atom is -0.449 e. The van der Waals surface area contributed by atoms with E-state index in [1.165, 1.54) is 0 Å². The SMILES string of the molecule is CC(C)(C)C(=O)OC1(CCCS)c2ccccc2Sc2ccccc21. The van der Waals surface area contributed by atoms with E-state index in [0.717, 1.165) is 39.5 Å². The molecule has 2 aromatic carbocycles. The van der Waals surface area contributed by atoms with E-state index in [1.54, 1.807) is 11.8 Å². The highest BCUT2D eigenvalue weighted by Gasteiger charge is 2.45. The Labute approximate surface area is 159 Å². The smallest absolute Gasteiger partial charge is 0.312 e. The molecule has 0 aromatic heterocycles. The molecule has 0 unspecified atom stereocenters. The van der Waals surface area contributed by atoms with E-state index >= 15 is 0 Å². The van der Waals surface area contributed by atoms with E-state index in [9.17, 15) is 4.79 Å². The van der Waals surface area contributed by atoms with Gasteiger partial charge >= 0.3 is 5.97 Å². The number of rotatable bonds is 4. The molecule has 1 aliphatic rings. The maximum atomic E-state index is 12.9. The van der Waals surface area contributed by atoms with E-state index in [4.69, 9.17) is 4.74 Å². The van der Waals surface area contributed by atoms with Gasteiger partial charge in [0.2, 0.25) is 0 Å². The Bertz CT molecular complexity index is 732. The second-order valence-corrected chi connectivity index (χ2v) is 8.92. The van der Waals surface area contributed by atoms with Crippen LogP contribution < -0.4 is 0 Å². The van der Waals surface area contributed by atoms with Gasteiger partial charge in [-0.2, -0.15) is 12.6 Å². The highest BCUT2D eigenvalue weighted by molar-refractivity contribution is 7.99. The van der Waals surface area contributed by atoms with Gasteiger partial charge in [0.1, 0.15) is 0 Å². The van der Waals surface area contributed by atoms with Gasteiger partial charge in [-0.3, -0.25) is 4.79 Å². The van der Waals surface area contributed by atoms with Crippen molar-refractivity contribution in [3.63, 3.8) is 0 Å². The predicted octanol–water partition coefficient (Wildman–Crippen LogP) is 5.69. The molecular weight excluding hydrogens is 348 g/mol. The summed E-state index contributed by atoms with van der Waals surface area (Å²) in [6.07, 6.45) is 1.60. The van der Waals surface area contributed by atoms with Crippen molar-refractivity contribution in [1.29, 1.82) is 0 Å². The van der Waals surface area contributed by atoms with Crippen LogP contribution in [0, 0.1) is 5.41 Å². The van der Waals surface area contributed by atoms with Gasteiger partial charge in [0.25, 0.3) is 0 Å². The molecule has 132 valence electrons. The van der Waals surface area contributed by atoms with E-state index in [-0.39, 0.29) is 5.97 Å². The van der Waals surface area contributed by atoms with Crippen LogP contribution in [0.1, 0.15) is 44.7 Å². The van der Waals surface area contributed by atoms with E-state index in [2.05, 4.69) is 36.9 Å². The summed E-state index contributed by atoms with van der Waals surface area (Å²) in [5.74, 6) is 0.579. The van der Waals surface area contributed by atoms with Crippen molar-refractivity contribution in [3.05, 3.63) is 59.7 Å². The van der Waals surface area contributed by atoms with Gasteiger partial charge in [-0.15, -0.1) is 0 Å². The summed E-state index contributed by atoms with van der Waals surface area (Å²) in [4.78, 5) is 15.2. The van der Waals surface area contributed by atoms with Crippen molar-refractivity contribution < 1.29 is 9.53 Å². The summed E-state index contributed by atoms with van der Waals surface area (Å²) >= 11 is 6.14. The zero-order chi connectivity index (χ0) is 18.1. The van der Waals surface area contributed by atoms with Crippen LogP contribution in [0.2, 0.25) is 0 Å².